The first-order valence-electron chi connectivity index (χ1n) is 7.10. The number of fused-ring (bicyclic) bond motifs is 1. The van der Waals surface area contributed by atoms with Gasteiger partial charge in [0, 0.05) is 12.1 Å². The highest BCUT2D eigenvalue weighted by atomic mass is 16.7. The number of benzene rings is 1. The van der Waals surface area contributed by atoms with Gasteiger partial charge >= 0.3 is 0 Å². The summed E-state index contributed by atoms with van der Waals surface area (Å²) in [6, 6.07) is 5.73. The van der Waals surface area contributed by atoms with Gasteiger partial charge in [0.05, 0.1) is 5.54 Å². The third-order valence-corrected chi connectivity index (χ3v) is 4.04. The number of piperidine rings is 1. The van der Waals surface area contributed by atoms with E-state index in [2.05, 4.69) is 10.6 Å². The van der Waals surface area contributed by atoms with Gasteiger partial charge in [0.15, 0.2) is 11.5 Å². The van der Waals surface area contributed by atoms with E-state index in [-0.39, 0.29) is 12.7 Å². The molecule has 0 spiro atoms. The van der Waals surface area contributed by atoms with Gasteiger partial charge in [-0.05, 0) is 38.8 Å². The van der Waals surface area contributed by atoms with Gasteiger partial charge in [-0.2, -0.15) is 0 Å². The van der Waals surface area contributed by atoms with Gasteiger partial charge < -0.3 is 20.1 Å². The average molecular weight is 276 g/mol. The molecule has 2 heterocycles. The number of rotatable bonds is 3. The standard InChI is InChI=1S/C15H20N2O3/c1-15(7-2-3-8-17-15)14(18)16-9-11-5-4-6-12-13(11)20-10-19-12/h4-6,17H,2-3,7-10H2,1H3,(H,16,18). The second-order valence-electron chi connectivity index (χ2n) is 5.55. The van der Waals surface area contributed by atoms with E-state index in [1.54, 1.807) is 0 Å². The zero-order chi connectivity index (χ0) is 14.0. The first-order valence-corrected chi connectivity index (χ1v) is 7.10. The summed E-state index contributed by atoms with van der Waals surface area (Å²) in [6.45, 7) is 3.58. The Hall–Kier alpha value is -1.75. The van der Waals surface area contributed by atoms with Crippen LogP contribution < -0.4 is 20.1 Å². The van der Waals surface area contributed by atoms with Gasteiger partial charge in [-0.3, -0.25) is 4.79 Å². The molecule has 108 valence electrons. The lowest BCUT2D eigenvalue weighted by Gasteiger charge is -2.33. The van der Waals surface area contributed by atoms with E-state index in [1.165, 1.54) is 0 Å². The molecule has 1 aromatic carbocycles. The minimum absolute atomic E-state index is 0.0497. The van der Waals surface area contributed by atoms with Crippen molar-refractivity contribution in [2.24, 2.45) is 0 Å². The number of carbonyl (C=O) groups excluding carboxylic acids is 1. The van der Waals surface area contributed by atoms with E-state index in [0.29, 0.717) is 6.54 Å². The number of nitrogens with one attached hydrogen (secondary N) is 2. The topological polar surface area (TPSA) is 59.6 Å². The number of ether oxygens (including phenoxy) is 2. The molecule has 20 heavy (non-hydrogen) atoms. The lowest BCUT2D eigenvalue weighted by molar-refractivity contribution is -0.128. The molecule has 0 radical (unpaired) electrons. The van der Waals surface area contributed by atoms with Crippen molar-refractivity contribution in [2.45, 2.75) is 38.3 Å². The molecule has 1 aromatic rings. The summed E-state index contributed by atoms with van der Waals surface area (Å²) in [4.78, 5) is 12.3. The lowest BCUT2D eigenvalue weighted by Crippen LogP contribution is -2.56. The van der Waals surface area contributed by atoms with E-state index < -0.39 is 5.54 Å². The summed E-state index contributed by atoms with van der Waals surface area (Å²) in [7, 11) is 0. The summed E-state index contributed by atoms with van der Waals surface area (Å²) in [5.41, 5.74) is 0.501. The van der Waals surface area contributed by atoms with Crippen LogP contribution in [0.1, 0.15) is 31.7 Å². The van der Waals surface area contributed by atoms with Crippen molar-refractivity contribution in [3.63, 3.8) is 0 Å². The van der Waals surface area contributed by atoms with E-state index in [1.807, 2.05) is 25.1 Å². The van der Waals surface area contributed by atoms with Crippen molar-refractivity contribution in [2.75, 3.05) is 13.3 Å². The fourth-order valence-corrected chi connectivity index (χ4v) is 2.75. The first-order chi connectivity index (χ1) is 9.69. The van der Waals surface area contributed by atoms with Crippen LogP contribution in [-0.4, -0.2) is 24.8 Å². The van der Waals surface area contributed by atoms with E-state index in [4.69, 9.17) is 9.47 Å². The maximum absolute atomic E-state index is 12.3. The van der Waals surface area contributed by atoms with Crippen molar-refractivity contribution in [1.82, 2.24) is 10.6 Å². The summed E-state index contributed by atoms with van der Waals surface area (Å²) in [5.74, 6) is 1.54. The first kappa shape index (κ1) is 13.2. The van der Waals surface area contributed by atoms with Crippen LogP contribution in [-0.2, 0) is 11.3 Å². The number of para-hydroxylation sites is 1. The molecule has 1 saturated heterocycles. The van der Waals surface area contributed by atoms with Gasteiger partial charge in [0.2, 0.25) is 12.7 Å². The third kappa shape index (κ3) is 2.45. The molecular weight excluding hydrogens is 256 g/mol. The van der Waals surface area contributed by atoms with Crippen LogP contribution >= 0.6 is 0 Å². The van der Waals surface area contributed by atoms with Gasteiger partial charge in [0.25, 0.3) is 0 Å². The number of hydrogen-bond acceptors (Lipinski definition) is 4. The van der Waals surface area contributed by atoms with Crippen LogP contribution in [0.25, 0.3) is 0 Å². The molecule has 2 N–H and O–H groups in total. The van der Waals surface area contributed by atoms with Gasteiger partial charge in [-0.1, -0.05) is 12.1 Å². The fraction of sp³-hybridized carbons (Fsp3) is 0.533. The Morgan fingerprint density at radius 3 is 3.10 bits per heavy atom. The average Bonchev–Trinajstić information content (AvgIpc) is 2.94. The highest BCUT2D eigenvalue weighted by Gasteiger charge is 2.34. The van der Waals surface area contributed by atoms with Gasteiger partial charge in [-0.25, -0.2) is 0 Å². The van der Waals surface area contributed by atoms with E-state index in [0.717, 1.165) is 42.9 Å². The number of amides is 1. The molecule has 5 heteroatoms. The second-order valence-corrected chi connectivity index (χ2v) is 5.55. The number of hydrogen-bond donors (Lipinski definition) is 2. The van der Waals surface area contributed by atoms with Crippen LogP contribution in [0.5, 0.6) is 11.5 Å². The Labute approximate surface area is 118 Å². The van der Waals surface area contributed by atoms with Crippen LogP contribution in [0.2, 0.25) is 0 Å². The number of carbonyl (C=O) groups is 1. The smallest absolute Gasteiger partial charge is 0.240 e. The Morgan fingerprint density at radius 2 is 2.30 bits per heavy atom. The molecule has 1 unspecified atom stereocenters. The Balaban J connectivity index is 1.65. The summed E-state index contributed by atoms with van der Waals surface area (Å²) in [6.07, 6.45) is 3.11. The van der Waals surface area contributed by atoms with Gasteiger partial charge in [0.1, 0.15) is 0 Å². The van der Waals surface area contributed by atoms with Crippen molar-refractivity contribution in [1.29, 1.82) is 0 Å². The lowest BCUT2D eigenvalue weighted by atomic mass is 9.90. The van der Waals surface area contributed by atoms with E-state index >= 15 is 0 Å². The highest BCUT2D eigenvalue weighted by molar-refractivity contribution is 5.86. The molecule has 1 amide bonds. The monoisotopic (exact) mass is 276 g/mol. The zero-order valence-corrected chi connectivity index (χ0v) is 11.7. The Bertz CT molecular complexity index is 510. The van der Waals surface area contributed by atoms with Crippen LogP contribution in [0.3, 0.4) is 0 Å². The Kier molecular flexibility index (Phi) is 3.53. The molecule has 3 rings (SSSR count). The van der Waals surface area contributed by atoms with Crippen LogP contribution in [0.15, 0.2) is 18.2 Å². The second kappa shape index (κ2) is 5.32. The molecular formula is C15H20N2O3. The molecule has 1 atom stereocenters. The molecule has 0 saturated carbocycles. The molecule has 2 aliphatic heterocycles. The SMILES string of the molecule is CC1(C(=O)NCc2cccc3c2OCO3)CCCCN1. The Morgan fingerprint density at radius 1 is 1.40 bits per heavy atom. The van der Waals surface area contributed by atoms with Crippen LogP contribution in [0, 0.1) is 0 Å². The molecule has 2 aliphatic rings. The highest BCUT2D eigenvalue weighted by Crippen LogP contribution is 2.35. The van der Waals surface area contributed by atoms with Crippen molar-refractivity contribution < 1.29 is 14.3 Å². The molecule has 5 nitrogen and oxygen atoms in total. The molecule has 0 aromatic heterocycles. The van der Waals surface area contributed by atoms with Crippen molar-refractivity contribution in [3.8, 4) is 11.5 Å². The molecule has 1 fully saturated rings. The predicted octanol–water partition coefficient (Wildman–Crippen LogP) is 1.56. The van der Waals surface area contributed by atoms with Gasteiger partial charge in [-0.15, -0.1) is 0 Å². The summed E-state index contributed by atoms with van der Waals surface area (Å²) in [5, 5.41) is 6.32. The van der Waals surface area contributed by atoms with Crippen molar-refractivity contribution >= 4 is 5.91 Å². The minimum atomic E-state index is -0.451. The molecule has 0 aliphatic carbocycles. The fourth-order valence-electron chi connectivity index (χ4n) is 2.75. The minimum Gasteiger partial charge on any atom is -0.454 e. The van der Waals surface area contributed by atoms with Crippen molar-refractivity contribution in [3.05, 3.63) is 23.8 Å². The zero-order valence-electron chi connectivity index (χ0n) is 11.7. The summed E-state index contributed by atoms with van der Waals surface area (Å²) < 4.78 is 10.8. The third-order valence-electron chi connectivity index (χ3n) is 4.04. The normalized spacial score (nSPS) is 24.4. The predicted molar refractivity (Wildman–Crippen MR) is 74.7 cm³/mol. The van der Waals surface area contributed by atoms with Crippen LogP contribution in [0.4, 0.5) is 0 Å². The largest absolute Gasteiger partial charge is 0.454 e. The maximum atomic E-state index is 12.3. The van der Waals surface area contributed by atoms with E-state index in [9.17, 15) is 4.79 Å². The quantitative estimate of drug-likeness (QED) is 0.879. The molecule has 0 bridgehead atoms. The summed E-state index contributed by atoms with van der Waals surface area (Å²) >= 11 is 0. The maximum Gasteiger partial charge on any atom is 0.240 e.